The third kappa shape index (κ3) is 2.26. The SMILES string of the molecule is Cc1nc2n(n1)[C@@H](c1cccs1)C1=C(C[C@H](c3ccco3)CC1=O)N2. The number of anilines is 1. The second-order valence-electron chi connectivity index (χ2n) is 6.41. The van der Waals surface area contributed by atoms with E-state index < -0.39 is 0 Å². The highest BCUT2D eigenvalue weighted by atomic mass is 32.1. The van der Waals surface area contributed by atoms with Crippen LogP contribution in [0.3, 0.4) is 0 Å². The van der Waals surface area contributed by atoms with E-state index in [2.05, 4.69) is 21.5 Å². The summed E-state index contributed by atoms with van der Waals surface area (Å²) in [6, 6.07) is 7.67. The van der Waals surface area contributed by atoms with Gasteiger partial charge in [0.1, 0.15) is 17.6 Å². The molecule has 3 aromatic heterocycles. The van der Waals surface area contributed by atoms with Gasteiger partial charge in [-0.15, -0.1) is 11.3 Å². The molecule has 1 aliphatic heterocycles. The Morgan fingerprint density at radius 2 is 2.24 bits per heavy atom. The van der Waals surface area contributed by atoms with Gasteiger partial charge < -0.3 is 9.73 Å². The van der Waals surface area contributed by atoms with Crippen LogP contribution < -0.4 is 5.32 Å². The lowest BCUT2D eigenvalue weighted by Crippen LogP contribution is -2.33. The van der Waals surface area contributed by atoms with Gasteiger partial charge in [0.2, 0.25) is 5.95 Å². The lowest BCUT2D eigenvalue weighted by Gasteiger charge is -2.33. The average Bonchev–Trinajstić information content (AvgIpc) is 3.33. The molecule has 7 heteroatoms. The lowest BCUT2D eigenvalue weighted by atomic mass is 9.81. The van der Waals surface area contributed by atoms with Crippen LogP contribution >= 0.6 is 11.3 Å². The summed E-state index contributed by atoms with van der Waals surface area (Å²) in [5.74, 6) is 2.46. The summed E-state index contributed by atoms with van der Waals surface area (Å²) in [6.45, 7) is 1.87. The highest BCUT2D eigenvalue weighted by Crippen LogP contribution is 2.44. The molecule has 5 rings (SSSR count). The molecule has 0 saturated heterocycles. The van der Waals surface area contributed by atoms with E-state index in [0.717, 1.165) is 28.3 Å². The number of nitrogens with zero attached hydrogens (tertiary/aromatic N) is 3. The van der Waals surface area contributed by atoms with Crippen molar-refractivity contribution in [1.82, 2.24) is 14.8 Å². The van der Waals surface area contributed by atoms with E-state index in [4.69, 9.17) is 4.42 Å². The van der Waals surface area contributed by atoms with E-state index in [1.807, 2.05) is 35.2 Å². The van der Waals surface area contributed by atoms with Gasteiger partial charge in [-0.3, -0.25) is 4.79 Å². The van der Waals surface area contributed by atoms with Gasteiger partial charge >= 0.3 is 0 Å². The summed E-state index contributed by atoms with van der Waals surface area (Å²) >= 11 is 1.64. The predicted molar refractivity (Wildman–Crippen MR) is 93.6 cm³/mol. The van der Waals surface area contributed by atoms with Crippen LogP contribution in [0.1, 0.15) is 41.3 Å². The fourth-order valence-electron chi connectivity index (χ4n) is 3.75. The van der Waals surface area contributed by atoms with Crippen LogP contribution in [-0.2, 0) is 4.79 Å². The number of aromatic nitrogens is 3. The molecule has 0 aromatic carbocycles. The standard InChI is InChI=1S/C18H16N4O2S/c1-10-19-18-20-12-8-11(14-4-2-6-24-14)9-13(23)16(12)17(22(18)21-10)15-5-3-7-25-15/h2-7,11,17H,8-9H2,1H3,(H,19,20,21)/t11-,17-/m0/s1. The number of nitrogens with one attached hydrogen (secondary N) is 1. The average molecular weight is 352 g/mol. The quantitative estimate of drug-likeness (QED) is 0.762. The van der Waals surface area contributed by atoms with E-state index in [-0.39, 0.29) is 17.7 Å². The molecule has 0 amide bonds. The number of furan rings is 1. The van der Waals surface area contributed by atoms with Gasteiger partial charge in [-0.25, -0.2) is 4.68 Å². The van der Waals surface area contributed by atoms with Gasteiger partial charge in [-0.05, 0) is 36.9 Å². The number of aryl methyl sites for hydroxylation is 1. The van der Waals surface area contributed by atoms with Gasteiger partial charge in [0.25, 0.3) is 0 Å². The Hall–Kier alpha value is -2.67. The number of carbonyl (C=O) groups excluding carboxylic acids is 1. The highest BCUT2D eigenvalue weighted by molar-refractivity contribution is 7.10. The Morgan fingerprint density at radius 3 is 3.00 bits per heavy atom. The van der Waals surface area contributed by atoms with Crippen molar-refractivity contribution in [1.29, 1.82) is 0 Å². The molecule has 4 heterocycles. The largest absolute Gasteiger partial charge is 0.469 e. The molecule has 2 atom stereocenters. The number of hydrogen-bond acceptors (Lipinski definition) is 6. The smallest absolute Gasteiger partial charge is 0.226 e. The second kappa shape index (κ2) is 5.42. The minimum Gasteiger partial charge on any atom is -0.469 e. The van der Waals surface area contributed by atoms with Gasteiger partial charge in [-0.1, -0.05) is 6.07 Å². The molecule has 6 nitrogen and oxygen atoms in total. The zero-order valence-corrected chi connectivity index (χ0v) is 14.4. The maximum absolute atomic E-state index is 13.1. The molecule has 126 valence electrons. The second-order valence-corrected chi connectivity index (χ2v) is 7.39. The minimum atomic E-state index is -0.197. The maximum atomic E-state index is 13.1. The lowest BCUT2D eigenvalue weighted by molar-refractivity contribution is -0.116. The zero-order valence-electron chi connectivity index (χ0n) is 13.6. The van der Waals surface area contributed by atoms with E-state index in [9.17, 15) is 4.79 Å². The molecule has 0 fully saturated rings. The maximum Gasteiger partial charge on any atom is 0.226 e. The highest BCUT2D eigenvalue weighted by Gasteiger charge is 2.40. The minimum absolute atomic E-state index is 0.0632. The Kier molecular flexibility index (Phi) is 3.18. The van der Waals surface area contributed by atoms with E-state index >= 15 is 0 Å². The van der Waals surface area contributed by atoms with Crippen molar-refractivity contribution in [3.05, 3.63) is 63.6 Å². The number of Topliss-reactive ketones (excluding diaryl/α,β-unsaturated/α-hetero) is 1. The topological polar surface area (TPSA) is 73.0 Å². The van der Waals surface area contributed by atoms with Crippen LogP contribution in [-0.4, -0.2) is 20.5 Å². The van der Waals surface area contributed by atoms with E-state index in [0.29, 0.717) is 18.2 Å². The molecular weight excluding hydrogens is 336 g/mol. The van der Waals surface area contributed by atoms with Crippen LogP contribution in [0.2, 0.25) is 0 Å². The first-order valence-corrected chi connectivity index (χ1v) is 9.12. The summed E-state index contributed by atoms with van der Waals surface area (Å²) in [5.41, 5.74) is 1.75. The van der Waals surface area contributed by atoms with Crippen molar-refractivity contribution < 1.29 is 9.21 Å². The molecule has 3 aromatic rings. The monoisotopic (exact) mass is 352 g/mol. The van der Waals surface area contributed by atoms with E-state index in [1.165, 1.54) is 0 Å². The van der Waals surface area contributed by atoms with Crippen molar-refractivity contribution in [3.63, 3.8) is 0 Å². The summed E-state index contributed by atoms with van der Waals surface area (Å²) in [5, 5.41) is 9.90. The predicted octanol–water partition coefficient (Wildman–Crippen LogP) is 3.66. The zero-order chi connectivity index (χ0) is 17.0. The van der Waals surface area contributed by atoms with Crippen molar-refractivity contribution in [3.8, 4) is 0 Å². The molecular formula is C18H16N4O2S. The van der Waals surface area contributed by atoms with Gasteiger partial charge in [0.15, 0.2) is 5.78 Å². The van der Waals surface area contributed by atoms with Crippen LogP contribution in [0.5, 0.6) is 0 Å². The molecule has 0 radical (unpaired) electrons. The third-order valence-electron chi connectivity index (χ3n) is 4.78. The number of allylic oxidation sites excluding steroid dienone is 2. The number of ketones is 1. The fraction of sp³-hybridized carbons (Fsp3) is 0.278. The normalized spacial score (nSPS) is 22.5. The molecule has 1 N–H and O–H groups in total. The number of rotatable bonds is 2. The summed E-state index contributed by atoms with van der Waals surface area (Å²) < 4.78 is 7.38. The Bertz CT molecular complexity index is 969. The molecule has 0 saturated carbocycles. The number of thiophene rings is 1. The number of carbonyl (C=O) groups is 1. The van der Waals surface area contributed by atoms with Crippen molar-refractivity contribution >= 4 is 23.1 Å². The molecule has 0 bridgehead atoms. The first-order valence-electron chi connectivity index (χ1n) is 8.24. The fourth-order valence-corrected chi connectivity index (χ4v) is 4.57. The Morgan fingerprint density at radius 1 is 1.32 bits per heavy atom. The number of fused-ring (bicyclic) bond motifs is 1. The van der Waals surface area contributed by atoms with Crippen LogP contribution in [0.25, 0.3) is 0 Å². The molecule has 2 aliphatic rings. The van der Waals surface area contributed by atoms with Gasteiger partial charge in [0, 0.05) is 28.5 Å². The molecule has 25 heavy (non-hydrogen) atoms. The summed E-state index contributed by atoms with van der Waals surface area (Å²) in [7, 11) is 0. The summed E-state index contributed by atoms with van der Waals surface area (Å²) in [4.78, 5) is 18.7. The molecule has 0 spiro atoms. The Labute approximate surface area is 148 Å². The van der Waals surface area contributed by atoms with Crippen LogP contribution in [0.15, 0.2) is 51.6 Å². The first kappa shape index (κ1) is 14.7. The first-order chi connectivity index (χ1) is 12.2. The van der Waals surface area contributed by atoms with Crippen LogP contribution in [0, 0.1) is 6.92 Å². The van der Waals surface area contributed by atoms with Crippen molar-refractivity contribution in [2.45, 2.75) is 31.7 Å². The van der Waals surface area contributed by atoms with Crippen molar-refractivity contribution in [2.24, 2.45) is 0 Å². The number of hydrogen-bond donors (Lipinski definition) is 1. The summed E-state index contributed by atoms with van der Waals surface area (Å²) in [6.07, 6.45) is 2.85. The van der Waals surface area contributed by atoms with Crippen molar-refractivity contribution in [2.75, 3.05) is 5.32 Å². The molecule has 0 unspecified atom stereocenters. The Balaban J connectivity index is 1.63. The molecule has 1 aliphatic carbocycles. The van der Waals surface area contributed by atoms with E-state index in [1.54, 1.807) is 17.6 Å². The van der Waals surface area contributed by atoms with Gasteiger partial charge in [-0.2, -0.15) is 10.1 Å². The van der Waals surface area contributed by atoms with Crippen LogP contribution in [0.4, 0.5) is 5.95 Å². The van der Waals surface area contributed by atoms with Gasteiger partial charge in [0.05, 0.1) is 6.26 Å². The third-order valence-corrected chi connectivity index (χ3v) is 5.71.